The van der Waals surface area contributed by atoms with Crippen molar-refractivity contribution in [3.8, 4) is 0 Å². The molecule has 2 aromatic carbocycles. The standard InChI is InChI=1S/C25H30Cl2N4O2/c1-25(2,3)33-24(32)28-15-17-10-12-30(13-11-17)23-29-21-6-4-5-7-22(21)31(23)16-18-8-9-19(26)20(27)14-18/h4-9,14,17H,10-13,15-16H2,1-3H3,(H,28,32). The summed E-state index contributed by atoms with van der Waals surface area (Å²) in [4.78, 5) is 19.3. The van der Waals surface area contributed by atoms with Gasteiger partial charge in [0.2, 0.25) is 5.95 Å². The second-order valence-electron chi connectivity index (χ2n) is 9.55. The van der Waals surface area contributed by atoms with Gasteiger partial charge in [-0.1, -0.05) is 41.4 Å². The molecular weight excluding hydrogens is 459 g/mol. The van der Waals surface area contributed by atoms with Gasteiger partial charge in [0, 0.05) is 19.6 Å². The predicted octanol–water partition coefficient (Wildman–Crippen LogP) is 6.13. The normalized spacial score (nSPS) is 15.1. The van der Waals surface area contributed by atoms with E-state index in [1.54, 1.807) is 0 Å². The molecule has 1 fully saturated rings. The Morgan fingerprint density at radius 3 is 2.55 bits per heavy atom. The molecule has 0 saturated carbocycles. The van der Waals surface area contributed by atoms with Crippen LogP contribution in [-0.4, -0.2) is 40.9 Å². The molecule has 1 saturated heterocycles. The lowest BCUT2D eigenvalue weighted by molar-refractivity contribution is 0.0516. The maximum absolute atomic E-state index is 12.0. The molecule has 0 radical (unpaired) electrons. The molecule has 3 aromatic rings. The fourth-order valence-electron chi connectivity index (χ4n) is 4.16. The van der Waals surface area contributed by atoms with Crippen LogP contribution in [0.4, 0.5) is 10.7 Å². The molecule has 1 amide bonds. The van der Waals surface area contributed by atoms with Crippen LogP contribution in [0, 0.1) is 5.92 Å². The van der Waals surface area contributed by atoms with Crippen molar-refractivity contribution in [1.29, 1.82) is 0 Å². The highest BCUT2D eigenvalue weighted by Gasteiger charge is 2.25. The van der Waals surface area contributed by atoms with Crippen LogP contribution in [0.2, 0.25) is 10.0 Å². The first-order chi connectivity index (χ1) is 15.7. The summed E-state index contributed by atoms with van der Waals surface area (Å²) in [7, 11) is 0. The minimum absolute atomic E-state index is 0.353. The molecule has 1 N–H and O–H groups in total. The molecule has 33 heavy (non-hydrogen) atoms. The van der Waals surface area contributed by atoms with Crippen LogP contribution < -0.4 is 10.2 Å². The summed E-state index contributed by atoms with van der Waals surface area (Å²) < 4.78 is 7.59. The Labute approximate surface area is 204 Å². The summed E-state index contributed by atoms with van der Waals surface area (Å²) in [6, 6.07) is 13.9. The number of nitrogens with zero attached hydrogens (tertiary/aromatic N) is 3. The summed E-state index contributed by atoms with van der Waals surface area (Å²) in [5, 5.41) is 4.02. The number of benzene rings is 2. The molecule has 1 aliphatic heterocycles. The summed E-state index contributed by atoms with van der Waals surface area (Å²) in [6.07, 6.45) is 1.60. The number of piperidine rings is 1. The molecule has 4 rings (SSSR count). The maximum atomic E-state index is 12.0. The van der Waals surface area contributed by atoms with Gasteiger partial charge in [-0.05, 0) is 69.4 Å². The molecule has 0 aliphatic carbocycles. The van der Waals surface area contributed by atoms with E-state index < -0.39 is 5.60 Å². The number of para-hydroxylation sites is 2. The summed E-state index contributed by atoms with van der Waals surface area (Å²) in [6.45, 7) is 8.66. The molecule has 0 unspecified atom stereocenters. The highest BCUT2D eigenvalue weighted by Crippen LogP contribution is 2.29. The largest absolute Gasteiger partial charge is 0.444 e. The van der Waals surface area contributed by atoms with E-state index in [1.165, 1.54) is 0 Å². The van der Waals surface area contributed by atoms with E-state index in [1.807, 2.05) is 57.2 Å². The molecule has 1 aliphatic rings. The Hall–Kier alpha value is -2.44. The smallest absolute Gasteiger partial charge is 0.407 e. The molecule has 2 heterocycles. The van der Waals surface area contributed by atoms with Gasteiger partial charge in [0.25, 0.3) is 0 Å². The molecule has 176 valence electrons. The molecule has 0 spiro atoms. The van der Waals surface area contributed by atoms with Crippen molar-refractivity contribution in [3.63, 3.8) is 0 Å². The van der Waals surface area contributed by atoms with Gasteiger partial charge in [-0.15, -0.1) is 0 Å². The fraction of sp³-hybridized carbons (Fsp3) is 0.440. The van der Waals surface area contributed by atoms with Crippen molar-refractivity contribution in [2.45, 2.75) is 45.8 Å². The third kappa shape index (κ3) is 5.92. The zero-order valence-electron chi connectivity index (χ0n) is 19.3. The van der Waals surface area contributed by atoms with Gasteiger partial charge in [0.15, 0.2) is 0 Å². The van der Waals surface area contributed by atoms with Gasteiger partial charge in [-0.25, -0.2) is 9.78 Å². The summed E-state index contributed by atoms with van der Waals surface area (Å²) in [5.74, 6) is 1.38. The highest BCUT2D eigenvalue weighted by atomic mass is 35.5. The molecule has 0 atom stereocenters. The number of anilines is 1. The zero-order chi connectivity index (χ0) is 23.6. The lowest BCUT2D eigenvalue weighted by Crippen LogP contribution is -2.41. The first-order valence-electron chi connectivity index (χ1n) is 11.3. The van der Waals surface area contributed by atoms with Crippen molar-refractivity contribution in [2.75, 3.05) is 24.5 Å². The number of amides is 1. The summed E-state index contributed by atoms with van der Waals surface area (Å²) >= 11 is 12.4. The molecule has 0 bridgehead atoms. The van der Waals surface area contributed by atoms with Crippen LogP contribution in [0.5, 0.6) is 0 Å². The molecular formula is C25H30Cl2N4O2. The topological polar surface area (TPSA) is 59.4 Å². The number of imidazole rings is 1. The minimum Gasteiger partial charge on any atom is -0.444 e. The Morgan fingerprint density at radius 2 is 1.85 bits per heavy atom. The Morgan fingerprint density at radius 1 is 1.12 bits per heavy atom. The summed E-state index contributed by atoms with van der Waals surface area (Å²) in [5.41, 5.74) is 2.65. The van der Waals surface area contributed by atoms with Crippen LogP contribution in [0.25, 0.3) is 11.0 Å². The SMILES string of the molecule is CC(C)(C)OC(=O)NCC1CCN(c2nc3ccccc3n2Cc2ccc(Cl)c(Cl)c2)CC1. The average molecular weight is 489 g/mol. The number of hydrogen-bond donors (Lipinski definition) is 1. The van der Waals surface area contributed by atoms with Crippen molar-refractivity contribution < 1.29 is 9.53 Å². The number of alkyl carbamates (subject to hydrolysis) is 1. The van der Waals surface area contributed by atoms with Crippen LogP contribution >= 0.6 is 23.2 Å². The van der Waals surface area contributed by atoms with Gasteiger partial charge in [0.1, 0.15) is 5.60 Å². The van der Waals surface area contributed by atoms with Crippen LogP contribution in [0.1, 0.15) is 39.2 Å². The van der Waals surface area contributed by atoms with Crippen LogP contribution in [0.3, 0.4) is 0 Å². The van der Waals surface area contributed by atoms with Crippen molar-refractivity contribution in [2.24, 2.45) is 5.92 Å². The Balaban J connectivity index is 1.46. The van der Waals surface area contributed by atoms with Crippen molar-refractivity contribution in [3.05, 3.63) is 58.1 Å². The second-order valence-corrected chi connectivity index (χ2v) is 10.4. The lowest BCUT2D eigenvalue weighted by atomic mass is 9.97. The van der Waals surface area contributed by atoms with E-state index >= 15 is 0 Å². The number of nitrogens with one attached hydrogen (secondary N) is 1. The molecule has 8 heteroatoms. The first kappa shape index (κ1) is 23.7. The quantitative estimate of drug-likeness (QED) is 0.468. The third-order valence-electron chi connectivity index (χ3n) is 5.79. The van der Waals surface area contributed by atoms with Crippen molar-refractivity contribution in [1.82, 2.24) is 14.9 Å². The van der Waals surface area contributed by atoms with Gasteiger partial charge < -0.3 is 19.5 Å². The van der Waals surface area contributed by atoms with E-state index in [-0.39, 0.29) is 6.09 Å². The Bertz CT molecular complexity index is 1130. The predicted molar refractivity (Wildman–Crippen MR) is 134 cm³/mol. The number of rotatable bonds is 5. The van der Waals surface area contributed by atoms with E-state index in [4.69, 9.17) is 32.9 Å². The maximum Gasteiger partial charge on any atom is 0.407 e. The second kappa shape index (κ2) is 9.82. The minimum atomic E-state index is -0.485. The third-order valence-corrected chi connectivity index (χ3v) is 6.53. The van der Waals surface area contributed by atoms with Gasteiger partial charge in [0.05, 0.1) is 27.6 Å². The number of aromatic nitrogens is 2. The zero-order valence-corrected chi connectivity index (χ0v) is 20.8. The number of fused-ring (bicyclic) bond motifs is 1. The monoisotopic (exact) mass is 488 g/mol. The lowest BCUT2D eigenvalue weighted by Gasteiger charge is -2.33. The number of carbonyl (C=O) groups excluding carboxylic acids is 1. The number of halogens is 2. The number of ether oxygens (including phenoxy) is 1. The molecule has 6 nitrogen and oxygen atoms in total. The van der Waals surface area contributed by atoms with Crippen molar-refractivity contribution >= 4 is 46.3 Å². The average Bonchev–Trinajstić information content (AvgIpc) is 3.12. The first-order valence-corrected chi connectivity index (χ1v) is 12.1. The van der Waals surface area contributed by atoms with E-state index in [0.29, 0.717) is 29.1 Å². The van der Waals surface area contributed by atoms with Crippen LogP contribution in [-0.2, 0) is 11.3 Å². The van der Waals surface area contributed by atoms with Crippen LogP contribution in [0.15, 0.2) is 42.5 Å². The Kier molecular flexibility index (Phi) is 7.05. The van der Waals surface area contributed by atoms with Gasteiger partial charge in [-0.3, -0.25) is 0 Å². The van der Waals surface area contributed by atoms with E-state index in [9.17, 15) is 4.79 Å². The van der Waals surface area contributed by atoms with Gasteiger partial charge in [-0.2, -0.15) is 0 Å². The number of hydrogen-bond acceptors (Lipinski definition) is 4. The highest BCUT2D eigenvalue weighted by molar-refractivity contribution is 6.42. The molecule has 1 aromatic heterocycles. The van der Waals surface area contributed by atoms with Gasteiger partial charge >= 0.3 is 6.09 Å². The fourth-order valence-corrected chi connectivity index (χ4v) is 4.48. The van der Waals surface area contributed by atoms with E-state index in [2.05, 4.69) is 20.9 Å². The van der Waals surface area contributed by atoms with E-state index in [0.717, 1.165) is 48.5 Å². The number of carbonyl (C=O) groups is 1.